The topological polar surface area (TPSA) is 92.8 Å². The molecule has 0 aliphatic rings. The second-order valence-electron chi connectivity index (χ2n) is 10.1. The summed E-state index contributed by atoms with van der Waals surface area (Å²) < 4.78 is 6.17. The first-order valence-corrected chi connectivity index (χ1v) is 16.3. The van der Waals surface area contributed by atoms with Crippen molar-refractivity contribution in [2.75, 3.05) is 13.1 Å². The number of rotatable bonds is 9. The lowest BCUT2D eigenvalue weighted by molar-refractivity contribution is 0.247. The van der Waals surface area contributed by atoms with Crippen LogP contribution in [0.15, 0.2) is 119 Å². The molecule has 8 nitrogen and oxygen atoms in total. The molecule has 0 fully saturated rings. The van der Waals surface area contributed by atoms with Crippen LogP contribution in [0.25, 0.3) is 31.8 Å². The number of urea groups is 2. The van der Waals surface area contributed by atoms with Gasteiger partial charge in [-0.05, 0) is 61.4 Å². The first-order valence-electron chi connectivity index (χ1n) is 14.6. The number of amides is 4. The van der Waals surface area contributed by atoms with E-state index < -0.39 is 0 Å². The Balaban J connectivity index is 0.978. The third kappa shape index (κ3) is 6.88. The first-order chi connectivity index (χ1) is 21.7. The minimum absolute atomic E-state index is 0.343. The summed E-state index contributed by atoms with van der Waals surface area (Å²) in [5.41, 5.74) is 3.98. The molecule has 0 saturated heterocycles. The van der Waals surface area contributed by atoms with Crippen LogP contribution in [0.3, 0.4) is 0 Å². The van der Waals surface area contributed by atoms with Crippen molar-refractivity contribution in [3.8, 4) is 11.4 Å². The van der Waals surface area contributed by atoms with Crippen molar-refractivity contribution in [1.29, 1.82) is 0 Å². The van der Waals surface area contributed by atoms with Gasteiger partial charge >= 0.3 is 12.1 Å². The Kier molecular flexibility index (Phi) is 9.39. The maximum atomic E-state index is 12.7. The molecule has 0 aliphatic carbocycles. The summed E-state index contributed by atoms with van der Waals surface area (Å²) >= 11 is 2.99. The van der Waals surface area contributed by atoms with E-state index in [0.29, 0.717) is 22.7 Å². The number of unbranched alkanes of at least 4 members (excludes halogenated alkanes) is 3. The highest BCUT2D eigenvalue weighted by Crippen LogP contribution is 2.21. The molecule has 0 atom stereocenters. The fourth-order valence-corrected chi connectivity index (χ4v) is 7.06. The number of hydrogen-bond donors (Lipinski definition) is 2. The van der Waals surface area contributed by atoms with Crippen LogP contribution in [0.5, 0.6) is 0 Å². The standard InChI is InChI=1S/C34H32N6O2S2/c41-31(37-33-39(25-15-5-3-6-16-25)27-19-9-11-21-29(27)43-33)35-23-13-1-2-14-24-36-32(42)38-34-40(26-17-7-4-8-18-26)28-20-10-12-22-30(28)44-34/h3-12,15-22H,1-2,13-14,23-24H2,(H,35,41)(H,36,42)/b37-33-,38-34-. The molecule has 10 heteroatoms. The molecule has 0 radical (unpaired) electrons. The van der Waals surface area contributed by atoms with Gasteiger partial charge < -0.3 is 10.6 Å². The summed E-state index contributed by atoms with van der Waals surface area (Å²) in [6.45, 7) is 1.09. The van der Waals surface area contributed by atoms with E-state index in [4.69, 9.17) is 0 Å². The van der Waals surface area contributed by atoms with E-state index in [1.807, 2.05) is 118 Å². The zero-order chi connectivity index (χ0) is 30.1. The van der Waals surface area contributed by atoms with Crippen molar-refractivity contribution in [3.63, 3.8) is 0 Å². The van der Waals surface area contributed by atoms with Crippen LogP contribution in [0.2, 0.25) is 0 Å². The van der Waals surface area contributed by atoms with E-state index in [0.717, 1.165) is 57.5 Å². The number of nitrogens with one attached hydrogen (secondary N) is 2. The van der Waals surface area contributed by atoms with Crippen LogP contribution < -0.4 is 20.2 Å². The average Bonchev–Trinajstić information content (AvgIpc) is 3.60. The van der Waals surface area contributed by atoms with Crippen LogP contribution in [0.4, 0.5) is 9.59 Å². The minimum atomic E-state index is -0.343. The highest BCUT2D eigenvalue weighted by atomic mass is 32.1. The molecule has 44 heavy (non-hydrogen) atoms. The average molecular weight is 621 g/mol. The van der Waals surface area contributed by atoms with Crippen molar-refractivity contribution in [1.82, 2.24) is 19.8 Å². The zero-order valence-electron chi connectivity index (χ0n) is 24.1. The Morgan fingerprint density at radius 1 is 0.523 bits per heavy atom. The van der Waals surface area contributed by atoms with Gasteiger partial charge in [-0.3, -0.25) is 9.13 Å². The van der Waals surface area contributed by atoms with Gasteiger partial charge in [0.05, 0.1) is 20.4 Å². The van der Waals surface area contributed by atoms with Crippen molar-refractivity contribution >= 4 is 55.2 Å². The Morgan fingerprint density at radius 3 is 1.34 bits per heavy atom. The third-order valence-corrected chi connectivity index (χ3v) is 9.12. The highest BCUT2D eigenvalue weighted by Gasteiger charge is 2.10. The van der Waals surface area contributed by atoms with Crippen LogP contribution in [-0.4, -0.2) is 34.3 Å². The maximum Gasteiger partial charge on any atom is 0.343 e. The molecule has 6 rings (SSSR count). The number of nitrogens with zero attached hydrogens (tertiary/aromatic N) is 4. The lowest BCUT2D eigenvalue weighted by Crippen LogP contribution is -2.25. The summed E-state index contributed by atoms with van der Waals surface area (Å²) in [4.78, 5) is 35.4. The van der Waals surface area contributed by atoms with E-state index >= 15 is 0 Å². The highest BCUT2D eigenvalue weighted by molar-refractivity contribution is 7.16. The number of benzene rings is 4. The molecule has 222 valence electrons. The first kappa shape index (κ1) is 29.3. The Morgan fingerprint density at radius 2 is 0.909 bits per heavy atom. The molecule has 0 unspecified atom stereocenters. The number of carbonyl (C=O) groups is 2. The largest absolute Gasteiger partial charge is 0.343 e. The normalized spacial score (nSPS) is 12.2. The third-order valence-electron chi connectivity index (χ3n) is 7.08. The summed E-state index contributed by atoms with van der Waals surface area (Å²) in [5.74, 6) is 0. The molecule has 0 aliphatic heterocycles. The van der Waals surface area contributed by atoms with Crippen LogP contribution in [0, 0.1) is 0 Å². The summed E-state index contributed by atoms with van der Waals surface area (Å²) in [6, 6.07) is 35.3. The molecular weight excluding hydrogens is 589 g/mol. The SMILES string of the molecule is O=C(/N=c1\sc2ccccc2n1-c1ccccc1)NCCCCCCNC(=O)/N=c1\sc2ccccc2n1-c1ccccc1. The number of fused-ring (bicyclic) bond motifs is 2. The number of para-hydroxylation sites is 4. The smallest absolute Gasteiger partial charge is 0.336 e. The second kappa shape index (κ2) is 14.1. The number of thiazole rings is 2. The van der Waals surface area contributed by atoms with Crippen molar-refractivity contribution in [3.05, 3.63) is 119 Å². The van der Waals surface area contributed by atoms with Gasteiger partial charge in [0.15, 0.2) is 9.60 Å². The van der Waals surface area contributed by atoms with E-state index in [9.17, 15) is 9.59 Å². The molecule has 2 aromatic heterocycles. The van der Waals surface area contributed by atoms with Gasteiger partial charge in [0.25, 0.3) is 0 Å². The Bertz CT molecular complexity index is 1880. The van der Waals surface area contributed by atoms with Gasteiger partial charge in [0.1, 0.15) is 0 Å². The summed E-state index contributed by atoms with van der Waals surface area (Å²) in [7, 11) is 0. The van der Waals surface area contributed by atoms with Gasteiger partial charge in [-0.15, -0.1) is 0 Å². The lowest BCUT2D eigenvalue weighted by Gasteiger charge is -2.06. The Labute approximate surface area is 262 Å². The summed E-state index contributed by atoms with van der Waals surface area (Å²) in [5, 5.41) is 5.84. The van der Waals surface area contributed by atoms with Gasteiger partial charge in [0.2, 0.25) is 0 Å². The zero-order valence-corrected chi connectivity index (χ0v) is 25.7. The molecule has 0 spiro atoms. The van der Waals surface area contributed by atoms with Gasteiger partial charge in [-0.25, -0.2) is 9.59 Å². The molecule has 4 amide bonds. The molecule has 2 heterocycles. The lowest BCUT2D eigenvalue weighted by atomic mass is 10.2. The van der Waals surface area contributed by atoms with E-state index in [1.54, 1.807) is 0 Å². The van der Waals surface area contributed by atoms with E-state index in [2.05, 4.69) is 20.6 Å². The van der Waals surface area contributed by atoms with E-state index in [1.165, 1.54) is 22.7 Å². The predicted octanol–water partition coefficient (Wildman–Crippen LogP) is 7.18. The van der Waals surface area contributed by atoms with Crippen LogP contribution >= 0.6 is 22.7 Å². The molecule has 0 bridgehead atoms. The molecule has 0 saturated carbocycles. The van der Waals surface area contributed by atoms with Crippen molar-refractivity contribution in [2.45, 2.75) is 25.7 Å². The molecular formula is C34H32N6O2S2. The molecule has 6 aromatic rings. The summed E-state index contributed by atoms with van der Waals surface area (Å²) in [6.07, 6.45) is 3.54. The fraction of sp³-hybridized carbons (Fsp3) is 0.176. The number of carbonyl (C=O) groups excluding carboxylic acids is 2. The van der Waals surface area contributed by atoms with Gasteiger partial charge in [-0.2, -0.15) is 9.98 Å². The van der Waals surface area contributed by atoms with Crippen molar-refractivity contribution in [2.24, 2.45) is 9.98 Å². The molecule has 2 N–H and O–H groups in total. The predicted molar refractivity (Wildman–Crippen MR) is 179 cm³/mol. The maximum absolute atomic E-state index is 12.7. The van der Waals surface area contributed by atoms with Crippen molar-refractivity contribution < 1.29 is 9.59 Å². The molecule has 4 aromatic carbocycles. The minimum Gasteiger partial charge on any atom is -0.336 e. The fourth-order valence-electron chi connectivity index (χ4n) is 5.00. The monoisotopic (exact) mass is 620 g/mol. The number of hydrogen-bond acceptors (Lipinski definition) is 4. The number of aromatic nitrogens is 2. The Hall–Kier alpha value is -4.80. The second-order valence-corrected chi connectivity index (χ2v) is 12.2. The van der Waals surface area contributed by atoms with Gasteiger partial charge in [0, 0.05) is 24.5 Å². The van der Waals surface area contributed by atoms with Crippen LogP contribution in [0.1, 0.15) is 25.7 Å². The van der Waals surface area contributed by atoms with E-state index in [-0.39, 0.29) is 12.1 Å². The van der Waals surface area contributed by atoms with Gasteiger partial charge in [-0.1, -0.05) is 96.2 Å². The quantitative estimate of drug-likeness (QED) is 0.168. The van der Waals surface area contributed by atoms with Crippen LogP contribution in [-0.2, 0) is 0 Å².